The van der Waals surface area contributed by atoms with Gasteiger partial charge >= 0.3 is 5.97 Å². The number of aryl methyl sites for hydroxylation is 1. The van der Waals surface area contributed by atoms with Gasteiger partial charge in [0.25, 0.3) is 0 Å². The van der Waals surface area contributed by atoms with Crippen LogP contribution in [0.4, 0.5) is 0 Å². The molecule has 0 unspecified atom stereocenters. The summed E-state index contributed by atoms with van der Waals surface area (Å²) in [6.45, 7) is 2.23. The molecule has 0 saturated carbocycles. The van der Waals surface area contributed by atoms with E-state index in [0.717, 1.165) is 12.8 Å². The van der Waals surface area contributed by atoms with Crippen molar-refractivity contribution in [3.8, 4) is 5.75 Å². The Morgan fingerprint density at radius 2 is 2.30 bits per heavy atom. The summed E-state index contributed by atoms with van der Waals surface area (Å²) in [5, 5.41) is 12.6. The molecule has 0 aliphatic rings. The molecule has 1 N–H and O–H groups in total. The van der Waals surface area contributed by atoms with Crippen molar-refractivity contribution in [1.82, 2.24) is 10.1 Å². The van der Waals surface area contributed by atoms with Crippen LogP contribution in [0.15, 0.2) is 28.8 Å². The molecule has 6 nitrogen and oxygen atoms in total. The molecule has 0 saturated heterocycles. The quantitative estimate of drug-likeness (QED) is 0.834. The van der Waals surface area contributed by atoms with Crippen LogP contribution < -0.4 is 4.74 Å². The Hall–Kier alpha value is -2.37. The molecule has 0 aliphatic heterocycles. The number of carboxylic acid groups (broad SMARTS) is 1. The topological polar surface area (TPSA) is 85.5 Å². The second-order valence-electron chi connectivity index (χ2n) is 4.36. The summed E-state index contributed by atoms with van der Waals surface area (Å²) in [6, 6.07) is 6.96. The van der Waals surface area contributed by atoms with Crippen LogP contribution in [0.5, 0.6) is 5.75 Å². The van der Waals surface area contributed by atoms with Gasteiger partial charge in [-0.2, -0.15) is 4.98 Å². The summed E-state index contributed by atoms with van der Waals surface area (Å²) in [7, 11) is 0. The molecular formula is C14H16N2O4. The van der Waals surface area contributed by atoms with Crippen LogP contribution in [0, 0.1) is 0 Å². The van der Waals surface area contributed by atoms with E-state index in [-0.39, 0.29) is 13.0 Å². The number of ether oxygens (including phenoxy) is 1. The van der Waals surface area contributed by atoms with Gasteiger partial charge in [-0.05, 0) is 24.1 Å². The number of hydrogen-bond donors (Lipinski definition) is 1. The van der Waals surface area contributed by atoms with Crippen LogP contribution in [0.3, 0.4) is 0 Å². The van der Waals surface area contributed by atoms with E-state index in [4.69, 9.17) is 14.4 Å². The van der Waals surface area contributed by atoms with Crippen LogP contribution >= 0.6 is 0 Å². The molecule has 2 aromatic rings. The van der Waals surface area contributed by atoms with Crippen molar-refractivity contribution < 1.29 is 19.2 Å². The van der Waals surface area contributed by atoms with E-state index in [2.05, 4.69) is 10.1 Å². The van der Waals surface area contributed by atoms with Crippen LogP contribution in [0.25, 0.3) is 0 Å². The van der Waals surface area contributed by atoms with E-state index in [1.54, 1.807) is 24.3 Å². The van der Waals surface area contributed by atoms with E-state index in [1.807, 2.05) is 6.92 Å². The van der Waals surface area contributed by atoms with Crippen molar-refractivity contribution >= 4 is 5.97 Å². The lowest BCUT2D eigenvalue weighted by Gasteiger charge is -2.04. The molecule has 0 amide bonds. The average molecular weight is 276 g/mol. The molecule has 1 aromatic heterocycles. The summed E-state index contributed by atoms with van der Waals surface area (Å²) < 4.78 is 10.6. The third-order valence-electron chi connectivity index (χ3n) is 2.60. The van der Waals surface area contributed by atoms with Crippen molar-refractivity contribution in [1.29, 1.82) is 0 Å². The number of aromatic nitrogens is 2. The molecule has 106 valence electrons. The van der Waals surface area contributed by atoms with Gasteiger partial charge in [-0.3, -0.25) is 4.79 Å². The lowest BCUT2D eigenvalue weighted by Crippen LogP contribution is -2.01. The number of benzene rings is 1. The minimum absolute atomic E-state index is 0.0277. The zero-order chi connectivity index (χ0) is 14.4. The average Bonchev–Trinajstić information content (AvgIpc) is 2.84. The molecule has 0 fully saturated rings. The highest BCUT2D eigenvalue weighted by Crippen LogP contribution is 2.15. The lowest BCUT2D eigenvalue weighted by atomic mass is 10.1. The van der Waals surface area contributed by atoms with Crippen molar-refractivity contribution in [3.63, 3.8) is 0 Å². The van der Waals surface area contributed by atoms with E-state index >= 15 is 0 Å². The normalized spacial score (nSPS) is 10.4. The van der Waals surface area contributed by atoms with Crippen LogP contribution in [0.1, 0.15) is 30.6 Å². The van der Waals surface area contributed by atoms with Gasteiger partial charge in [0.05, 0.1) is 6.42 Å². The van der Waals surface area contributed by atoms with Gasteiger partial charge in [-0.1, -0.05) is 24.2 Å². The van der Waals surface area contributed by atoms with Gasteiger partial charge < -0.3 is 14.4 Å². The molecule has 6 heteroatoms. The van der Waals surface area contributed by atoms with Crippen LogP contribution in [-0.4, -0.2) is 21.2 Å². The zero-order valence-electron chi connectivity index (χ0n) is 11.2. The molecule has 1 heterocycles. The van der Waals surface area contributed by atoms with Gasteiger partial charge in [-0.15, -0.1) is 0 Å². The smallest absolute Gasteiger partial charge is 0.307 e. The summed E-state index contributed by atoms with van der Waals surface area (Å²) in [6.07, 6.45) is 1.67. The minimum atomic E-state index is -0.871. The largest absolute Gasteiger partial charge is 0.485 e. The predicted molar refractivity (Wildman–Crippen MR) is 70.4 cm³/mol. The first-order chi connectivity index (χ1) is 9.67. The summed E-state index contributed by atoms with van der Waals surface area (Å²) in [5.74, 6) is 0.804. The van der Waals surface area contributed by atoms with Crippen molar-refractivity contribution in [3.05, 3.63) is 41.5 Å². The number of carbonyl (C=O) groups is 1. The van der Waals surface area contributed by atoms with Gasteiger partial charge in [-0.25, -0.2) is 0 Å². The second kappa shape index (κ2) is 6.70. The van der Waals surface area contributed by atoms with Gasteiger partial charge in [0.1, 0.15) is 5.75 Å². The number of aliphatic carboxylic acids is 1. The highest BCUT2D eigenvalue weighted by molar-refractivity contribution is 5.70. The number of hydrogen-bond acceptors (Lipinski definition) is 5. The Kier molecular flexibility index (Phi) is 4.70. The summed E-state index contributed by atoms with van der Waals surface area (Å²) >= 11 is 0. The molecule has 0 spiro atoms. The molecule has 0 atom stereocenters. The minimum Gasteiger partial charge on any atom is -0.485 e. The SMILES string of the molecule is CCCc1nc(COc2cccc(CC(=O)O)c2)no1. The number of carboxylic acids is 1. The molecule has 2 rings (SSSR count). The Bertz CT molecular complexity index is 580. The Balaban J connectivity index is 1.94. The molecule has 0 aliphatic carbocycles. The Morgan fingerprint density at radius 3 is 3.05 bits per heavy atom. The first-order valence-corrected chi connectivity index (χ1v) is 6.42. The first kappa shape index (κ1) is 14.0. The van der Waals surface area contributed by atoms with E-state index in [0.29, 0.717) is 23.0 Å². The summed E-state index contributed by atoms with van der Waals surface area (Å²) in [5.41, 5.74) is 0.690. The molecular weight excluding hydrogens is 260 g/mol. The van der Waals surface area contributed by atoms with E-state index in [1.165, 1.54) is 0 Å². The molecule has 1 aromatic carbocycles. The molecule has 0 radical (unpaired) electrons. The fraction of sp³-hybridized carbons (Fsp3) is 0.357. The number of rotatable bonds is 7. The summed E-state index contributed by atoms with van der Waals surface area (Å²) in [4.78, 5) is 14.8. The van der Waals surface area contributed by atoms with Gasteiger partial charge in [0.2, 0.25) is 11.7 Å². The number of nitrogens with zero attached hydrogens (tertiary/aromatic N) is 2. The fourth-order valence-electron chi connectivity index (χ4n) is 1.73. The molecule has 20 heavy (non-hydrogen) atoms. The Labute approximate surface area is 116 Å². The van der Waals surface area contributed by atoms with Gasteiger partial charge in [0.15, 0.2) is 6.61 Å². The highest BCUT2D eigenvalue weighted by atomic mass is 16.5. The molecule has 0 bridgehead atoms. The van der Waals surface area contributed by atoms with E-state index in [9.17, 15) is 4.79 Å². The second-order valence-corrected chi connectivity index (χ2v) is 4.36. The highest BCUT2D eigenvalue weighted by Gasteiger charge is 2.07. The fourth-order valence-corrected chi connectivity index (χ4v) is 1.73. The Morgan fingerprint density at radius 1 is 1.45 bits per heavy atom. The van der Waals surface area contributed by atoms with Crippen molar-refractivity contribution in [2.24, 2.45) is 0 Å². The zero-order valence-corrected chi connectivity index (χ0v) is 11.2. The van der Waals surface area contributed by atoms with Gasteiger partial charge in [0, 0.05) is 6.42 Å². The predicted octanol–water partition coefficient (Wildman–Crippen LogP) is 2.23. The van der Waals surface area contributed by atoms with E-state index < -0.39 is 5.97 Å². The monoisotopic (exact) mass is 276 g/mol. The van der Waals surface area contributed by atoms with Crippen molar-refractivity contribution in [2.45, 2.75) is 32.8 Å². The van der Waals surface area contributed by atoms with Crippen molar-refractivity contribution in [2.75, 3.05) is 0 Å². The van der Waals surface area contributed by atoms with Crippen LogP contribution in [-0.2, 0) is 24.2 Å². The standard InChI is InChI=1S/C14H16N2O4/c1-2-4-13-15-12(16-20-13)9-19-11-6-3-5-10(7-11)8-14(17)18/h3,5-7H,2,4,8-9H2,1H3,(H,17,18). The third-order valence-corrected chi connectivity index (χ3v) is 2.60. The maximum Gasteiger partial charge on any atom is 0.307 e. The third kappa shape index (κ3) is 4.08. The van der Waals surface area contributed by atoms with Crippen LogP contribution in [0.2, 0.25) is 0 Å². The maximum absolute atomic E-state index is 10.7. The lowest BCUT2D eigenvalue weighted by molar-refractivity contribution is -0.136. The maximum atomic E-state index is 10.7. The first-order valence-electron chi connectivity index (χ1n) is 6.42.